The van der Waals surface area contributed by atoms with Gasteiger partial charge in [-0.1, -0.05) is 42.8 Å². The van der Waals surface area contributed by atoms with Crippen molar-refractivity contribution in [3.05, 3.63) is 69.8 Å². The van der Waals surface area contributed by atoms with E-state index in [1.54, 1.807) is 13.0 Å². The van der Waals surface area contributed by atoms with Crippen molar-refractivity contribution in [1.29, 1.82) is 0 Å². The van der Waals surface area contributed by atoms with Crippen molar-refractivity contribution in [3.8, 4) is 0 Å². The monoisotopic (exact) mass is 446 g/mol. The molecule has 1 aliphatic carbocycles. The lowest BCUT2D eigenvalue weighted by Crippen LogP contribution is -2.18. The van der Waals surface area contributed by atoms with Crippen LogP contribution in [0.25, 0.3) is 0 Å². The zero-order valence-corrected chi connectivity index (χ0v) is 19.1. The summed E-state index contributed by atoms with van der Waals surface area (Å²) >= 11 is 0. The molecule has 1 aliphatic rings. The summed E-state index contributed by atoms with van der Waals surface area (Å²) in [7, 11) is 0. The highest BCUT2D eigenvalue weighted by Crippen LogP contribution is 2.37. The Labute approximate surface area is 187 Å². The van der Waals surface area contributed by atoms with Crippen LogP contribution in [0.3, 0.4) is 0 Å². The maximum Gasteiger partial charge on any atom is 0.416 e. The third-order valence-corrected chi connectivity index (χ3v) is 5.72. The second kappa shape index (κ2) is 10.2. The van der Waals surface area contributed by atoms with Crippen LogP contribution in [0, 0.1) is 26.7 Å². The smallest absolute Gasteiger partial charge is 0.300 e. The van der Waals surface area contributed by atoms with Crippen molar-refractivity contribution in [2.75, 3.05) is 0 Å². The van der Waals surface area contributed by atoms with Gasteiger partial charge in [-0.15, -0.1) is 0 Å². The molecule has 3 nitrogen and oxygen atoms in total. The number of rotatable bonds is 4. The van der Waals surface area contributed by atoms with Gasteiger partial charge in [0.15, 0.2) is 5.78 Å². The molecule has 0 aromatic heterocycles. The van der Waals surface area contributed by atoms with E-state index in [4.69, 9.17) is 0 Å². The minimum absolute atomic E-state index is 0.0332. The highest BCUT2D eigenvalue weighted by Gasteiger charge is 2.43. The van der Waals surface area contributed by atoms with Crippen LogP contribution in [0.2, 0.25) is 0 Å². The molecule has 3 rings (SSSR count). The summed E-state index contributed by atoms with van der Waals surface area (Å²) in [6, 6.07) is 9.64. The lowest BCUT2D eigenvalue weighted by atomic mass is 9.86. The Hall–Kier alpha value is -2.76. The Bertz CT molecular complexity index is 998. The van der Waals surface area contributed by atoms with Crippen LogP contribution in [0.1, 0.15) is 66.0 Å². The second-order valence-corrected chi connectivity index (χ2v) is 8.43. The molecule has 0 heterocycles. The lowest BCUT2D eigenvalue weighted by Gasteiger charge is -2.16. The quantitative estimate of drug-likeness (QED) is 0.533. The van der Waals surface area contributed by atoms with E-state index in [-0.39, 0.29) is 30.2 Å². The van der Waals surface area contributed by atoms with Crippen LogP contribution in [0.15, 0.2) is 36.4 Å². The molecule has 1 fully saturated rings. The number of benzene rings is 2. The number of ketones is 3. The summed E-state index contributed by atoms with van der Waals surface area (Å²) in [5.74, 6) is -1.25. The van der Waals surface area contributed by atoms with Gasteiger partial charge in [-0.2, -0.15) is 13.2 Å². The van der Waals surface area contributed by atoms with Crippen molar-refractivity contribution in [3.63, 3.8) is 0 Å². The summed E-state index contributed by atoms with van der Waals surface area (Å²) in [5.41, 5.74) is 3.77. The highest BCUT2D eigenvalue weighted by atomic mass is 19.4. The fourth-order valence-electron chi connectivity index (χ4n) is 4.43. The van der Waals surface area contributed by atoms with Crippen LogP contribution in [0.5, 0.6) is 0 Å². The van der Waals surface area contributed by atoms with Crippen molar-refractivity contribution < 1.29 is 27.6 Å². The van der Waals surface area contributed by atoms with Gasteiger partial charge in [0.2, 0.25) is 0 Å². The van der Waals surface area contributed by atoms with Crippen LogP contribution < -0.4 is 0 Å². The fourth-order valence-corrected chi connectivity index (χ4v) is 4.43. The number of hydrogen-bond donors (Lipinski definition) is 0. The number of alkyl halides is 3. The van der Waals surface area contributed by atoms with Gasteiger partial charge in [-0.3, -0.25) is 9.59 Å². The molecule has 2 atom stereocenters. The molecule has 2 aromatic rings. The van der Waals surface area contributed by atoms with Gasteiger partial charge in [0.05, 0.1) is 5.56 Å². The summed E-state index contributed by atoms with van der Waals surface area (Å²) in [4.78, 5) is 35.9. The third kappa shape index (κ3) is 5.93. The third-order valence-electron chi connectivity index (χ3n) is 5.72. The zero-order valence-electron chi connectivity index (χ0n) is 19.1. The molecule has 2 aromatic carbocycles. The van der Waals surface area contributed by atoms with E-state index in [1.807, 2.05) is 32.9 Å². The first-order valence-corrected chi connectivity index (χ1v) is 10.7. The first-order valence-electron chi connectivity index (χ1n) is 10.7. The van der Waals surface area contributed by atoms with Crippen LogP contribution >= 0.6 is 0 Å². The summed E-state index contributed by atoms with van der Waals surface area (Å²) in [6.45, 7) is 9.06. The standard InChI is InChI=1S/C17H20O3.C9H9F3/c1-9-5-10(2)15(11(3)6-9)16-14(19)8-13(17(16)20)7-12(4)18;1-2-7-5-3-4-6-8(7)9(10,11)12/h5-6,13,16H,7-8H2,1-4H3;3-6H,2H2,1H3. The van der Waals surface area contributed by atoms with Crippen LogP contribution in [-0.4, -0.2) is 17.3 Å². The van der Waals surface area contributed by atoms with Crippen molar-refractivity contribution >= 4 is 17.3 Å². The van der Waals surface area contributed by atoms with E-state index in [0.717, 1.165) is 28.3 Å². The maximum atomic E-state index is 12.5. The van der Waals surface area contributed by atoms with Gasteiger partial charge < -0.3 is 4.79 Å². The molecule has 1 saturated carbocycles. The molecule has 2 unspecified atom stereocenters. The molecular weight excluding hydrogens is 417 g/mol. The zero-order chi connectivity index (χ0) is 24.2. The molecule has 0 spiro atoms. The summed E-state index contributed by atoms with van der Waals surface area (Å²) in [5, 5.41) is 0. The molecule has 0 N–H and O–H groups in total. The summed E-state index contributed by atoms with van der Waals surface area (Å²) < 4.78 is 36.7. The van der Waals surface area contributed by atoms with E-state index in [2.05, 4.69) is 0 Å². The van der Waals surface area contributed by atoms with Gasteiger partial charge in [-0.25, -0.2) is 0 Å². The Morgan fingerprint density at radius 3 is 2.06 bits per heavy atom. The molecular formula is C26H29F3O3. The topological polar surface area (TPSA) is 51.2 Å². The van der Waals surface area contributed by atoms with Gasteiger partial charge >= 0.3 is 6.18 Å². The first-order chi connectivity index (χ1) is 14.9. The van der Waals surface area contributed by atoms with Crippen LogP contribution in [-0.2, 0) is 27.0 Å². The van der Waals surface area contributed by atoms with E-state index in [0.29, 0.717) is 12.0 Å². The average Bonchev–Trinajstić information content (AvgIpc) is 2.94. The van der Waals surface area contributed by atoms with Crippen LogP contribution in [0.4, 0.5) is 13.2 Å². The van der Waals surface area contributed by atoms with E-state index in [9.17, 15) is 27.6 Å². The number of halogens is 3. The lowest BCUT2D eigenvalue weighted by molar-refractivity contribution is -0.138. The molecule has 0 saturated heterocycles. The van der Waals surface area contributed by atoms with Gasteiger partial charge in [0.25, 0.3) is 0 Å². The maximum absolute atomic E-state index is 12.5. The Balaban J connectivity index is 0.000000258. The first kappa shape index (κ1) is 25.5. The predicted molar refractivity (Wildman–Crippen MR) is 118 cm³/mol. The number of Topliss-reactive ketones (excluding diaryl/α,β-unsaturated/α-hetero) is 3. The minimum Gasteiger partial charge on any atom is -0.300 e. The van der Waals surface area contributed by atoms with E-state index < -0.39 is 23.6 Å². The number of carbonyl (C=O) groups excluding carboxylic acids is 3. The molecule has 0 amide bonds. The molecule has 0 radical (unpaired) electrons. The van der Waals surface area contributed by atoms with Crippen molar-refractivity contribution in [2.24, 2.45) is 5.92 Å². The van der Waals surface area contributed by atoms with Gasteiger partial charge in [0.1, 0.15) is 17.5 Å². The normalized spacial score (nSPS) is 18.4. The molecule has 32 heavy (non-hydrogen) atoms. The summed E-state index contributed by atoms with van der Waals surface area (Å²) in [6.07, 6.45) is -3.41. The van der Waals surface area contributed by atoms with E-state index >= 15 is 0 Å². The highest BCUT2D eigenvalue weighted by molar-refractivity contribution is 6.15. The minimum atomic E-state index is -4.22. The largest absolute Gasteiger partial charge is 0.416 e. The number of hydrogen-bond acceptors (Lipinski definition) is 3. The number of aryl methyl sites for hydroxylation is 4. The van der Waals surface area contributed by atoms with Crippen molar-refractivity contribution in [2.45, 2.75) is 66.0 Å². The molecule has 172 valence electrons. The van der Waals surface area contributed by atoms with Gasteiger partial charge in [0, 0.05) is 18.8 Å². The molecule has 0 aliphatic heterocycles. The Morgan fingerprint density at radius 2 is 1.59 bits per heavy atom. The van der Waals surface area contributed by atoms with Gasteiger partial charge in [-0.05, 0) is 62.4 Å². The predicted octanol–water partition coefficient (Wildman–Crippen LogP) is 6.10. The second-order valence-electron chi connectivity index (χ2n) is 8.43. The molecule has 0 bridgehead atoms. The number of carbonyl (C=O) groups is 3. The Morgan fingerprint density at radius 1 is 1.03 bits per heavy atom. The SMILES string of the molecule is CC(=O)CC1CC(=O)C(c2c(C)cc(C)cc2C)C1=O.CCc1ccccc1C(F)(F)F. The average molecular weight is 447 g/mol. The Kier molecular flexibility index (Phi) is 8.16. The fraction of sp³-hybridized carbons (Fsp3) is 0.423. The molecule has 6 heteroatoms. The van der Waals surface area contributed by atoms with E-state index in [1.165, 1.54) is 19.1 Å². The van der Waals surface area contributed by atoms with Crippen molar-refractivity contribution in [1.82, 2.24) is 0 Å².